The van der Waals surface area contributed by atoms with Gasteiger partial charge in [0.05, 0.1) is 28.8 Å². The number of hydrogen-bond acceptors (Lipinski definition) is 5. The molecule has 1 atom stereocenters. The summed E-state index contributed by atoms with van der Waals surface area (Å²) in [7, 11) is -3.08. The van der Waals surface area contributed by atoms with Crippen LogP contribution in [0.25, 0.3) is 0 Å². The Morgan fingerprint density at radius 3 is 2.84 bits per heavy atom. The molecule has 0 radical (unpaired) electrons. The van der Waals surface area contributed by atoms with Crippen LogP contribution in [-0.2, 0) is 21.3 Å². The first-order chi connectivity index (χ1) is 11.9. The minimum absolute atomic E-state index is 0.0171. The average molecular weight is 381 g/mol. The fourth-order valence-corrected chi connectivity index (χ4v) is 5.95. The summed E-state index contributed by atoms with van der Waals surface area (Å²) in [6.07, 6.45) is 0.471. The van der Waals surface area contributed by atoms with Crippen LogP contribution < -0.4 is 5.32 Å². The number of sulfone groups is 1. The van der Waals surface area contributed by atoms with Crippen molar-refractivity contribution in [2.75, 3.05) is 16.8 Å². The number of carbonyl (C=O) groups is 1. The normalized spacial score (nSPS) is 21.2. The van der Waals surface area contributed by atoms with Crippen molar-refractivity contribution in [3.63, 3.8) is 0 Å². The predicted octanol–water partition coefficient (Wildman–Crippen LogP) is 2.38. The van der Waals surface area contributed by atoms with Gasteiger partial charge in [0.25, 0.3) is 5.91 Å². The number of aromatic nitrogens is 2. The van der Waals surface area contributed by atoms with Crippen LogP contribution in [0.5, 0.6) is 0 Å². The van der Waals surface area contributed by atoms with Crippen LogP contribution in [0.1, 0.15) is 34.1 Å². The molecule has 1 aromatic heterocycles. The lowest BCUT2D eigenvalue weighted by molar-refractivity contribution is 0.102. The number of rotatable bonds is 3. The van der Waals surface area contributed by atoms with E-state index < -0.39 is 21.6 Å². The molecule has 1 saturated heterocycles. The summed E-state index contributed by atoms with van der Waals surface area (Å²) in [5, 5.41) is 7.30. The van der Waals surface area contributed by atoms with E-state index in [2.05, 4.69) is 10.4 Å². The molecule has 2 aliphatic rings. The monoisotopic (exact) mass is 381 g/mol. The predicted molar refractivity (Wildman–Crippen MR) is 93.9 cm³/mol. The second-order valence-corrected chi connectivity index (χ2v) is 9.42. The van der Waals surface area contributed by atoms with Gasteiger partial charge in [-0.1, -0.05) is 12.1 Å². The summed E-state index contributed by atoms with van der Waals surface area (Å²) < 4.78 is 39.1. The van der Waals surface area contributed by atoms with Crippen molar-refractivity contribution in [2.45, 2.75) is 24.0 Å². The maximum absolute atomic E-state index is 13.9. The smallest absolute Gasteiger partial charge is 0.259 e. The third-order valence-electron chi connectivity index (χ3n) is 4.48. The molecule has 25 heavy (non-hydrogen) atoms. The molecule has 0 aliphatic carbocycles. The summed E-state index contributed by atoms with van der Waals surface area (Å²) in [5.74, 6) is 0.906. The Morgan fingerprint density at radius 1 is 1.32 bits per heavy atom. The number of hydrogen-bond donors (Lipinski definition) is 1. The van der Waals surface area contributed by atoms with Crippen LogP contribution in [0, 0.1) is 5.82 Å². The maximum Gasteiger partial charge on any atom is 0.259 e. The number of nitrogens with zero attached hydrogens (tertiary/aromatic N) is 2. The molecule has 6 nitrogen and oxygen atoms in total. The molecule has 9 heteroatoms. The van der Waals surface area contributed by atoms with Crippen LogP contribution in [-0.4, -0.2) is 35.6 Å². The van der Waals surface area contributed by atoms with E-state index in [-0.39, 0.29) is 23.1 Å². The highest BCUT2D eigenvalue weighted by molar-refractivity contribution is 7.98. The van der Waals surface area contributed by atoms with E-state index in [1.165, 1.54) is 18.2 Å². The SMILES string of the molecule is O=C(Nc1c2c(nn1C1CCS(=O)(=O)C1)CSC2)c1ccccc1F. The van der Waals surface area contributed by atoms with Gasteiger partial charge in [0.15, 0.2) is 9.84 Å². The van der Waals surface area contributed by atoms with Crippen LogP contribution in [0.15, 0.2) is 24.3 Å². The van der Waals surface area contributed by atoms with E-state index >= 15 is 0 Å². The molecule has 0 bridgehead atoms. The second-order valence-electron chi connectivity index (χ2n) is 6.20. The highest BCUT2D eigenvalue weighted by Gasteiger charge is 2.34. The lowest BCUT2D eigenvalue weighted by Gasteiger charge is -2.15. The van der Waals surface area contributed by atoms with Crippen LogP contribution in [0.4, 0.5) is 10.2 Å². The van der Waals surface area contributed by atoms with E-state index in [9.17, 15) is 17.6 Å². The molecular weight excluding hydrogens is 365 g/mol. The molecule has 4 rings (SSSR count). The van der Waals surface area contributed by atoms with Crippen molar-refractivity contribution in [3.05, 3.63) is 46.9 Å². The van der Waals surface area contributed by atoms with Crippen molar-refractivity contribution in [1.29, 1.82) is 0 Å². The van der Waals surface area contributed by atoms with E-state index in [1.54, 1.807) is 22.5 Å². The van der Waals surface area contributed by atoms with Gasteiger partial charge < -0.3 is 5.32 Å². The highest BCUT2D eigenvalue weighted by atomic mass is 32.2. The first-order valence-electron chi connectivity index (χ1n) is 7.89. The molecule has 1 N–H and O–H groups in total. The fraction of sp³-hybridized carbons (Fsp3) is 0.375. The van der Waals surface area contributed by atoms with Crippen molar-refractivity contribution in [1.82, 2.24) is 9.78 Å². The average Bonchev–Trinajstić information content (AvgIpc) is 3.23. The van der Waals surface area contributed by atoms with E-state index in [0.717, 1.165) is 17.0 Å². The highest BCUT2D eigenvalue weighted by Crippen LogP contribution is 2.38. The molecule has 1 unspecified atom stereocenters. The number of nitrogens with one attached hydrogen (secondary N) is 1. The summed E-state index contributed by atoms with van der Waals surface area (Å²) in [6.45, 7) is 0. The fourth-order valence-electron chi connectivity index (χ4n) is 3.22. The molecule has 1 fully saturated rings. The molecule has 3 heterocycles. The summed E-state index contributed by atoms with van der Waals surface area (Å²) in [4.78, 5) is 12.5. The molecule has 0 saturated carbocycles. The van der Waals surface area contributed by atoms with Gasteiger partial charge in [0.1, 0.15) is 11.6 Å². The maximum atomic E-state index is 13.9. The number of benzene rings is 1. The second kappa shape index (κ2) is 6.14. The van der Waals surface area contributed by atoms with Gasteiger partial charge in [0.2, 0.25) is 0 Å². The third-order valence-corrected chi connectivity index (χ3v) is 7.20. The van der Waals surface area contributed by atoms with Gasteiger partial charge in [-0.05, 0) is 18.6 Å². The first-order valence-corrected chi connectivity index (χ1v) is 10.9. The van der Waals surface area contributed by atoms with Crippen molar-refractivity contribution >= 4 is 33.3 Å². The van der Waals surface area contributed by atoms with Crippen LogP contribution in [0.2, 0.25) is 0 Å². The lowest BCUT2D eigenvalue weighted by atomic mass is 10.2. The van der Waals surface area contributed by atoms with E-state index in [4.69, 9.17) is 0 Å². The molecule has 2 aromatic rings. The first kappa shape index (κ1) is 16.6. The Bertz CT molecular complexity index is 956. The van der Waals surface area contributed by atoms with Gasteiger partial charge in [0, 0.05) is 17.1 Å². The van der Waals surface area contributed by atoms with E-state index in [0.29, 0.717) is 18.0 Å². The topological polar surface area (TPSA) is 81.1 Å². The van der Waals surface area contributed by atoms with Gasteiger partial charge in [-0.15, -0.1) is 0 Å². The molecule has 0 spiro atoms. The third kappa shape index (κ3) is 3.06. The lowest BCUT2D eigenvalue weighted by Crippen LogP contribution is -2.21. The zero-order chi connectivity index (χ0) is 17.6. The minimum Gasteiger partial charge on any atom is -0.306 e. The molecular formula is C16H16FN3O3S2. The van der Waals surface area contributed by atoms with Gasteiger partial charge in [-0.25, -0.2) is 17.5 Å². The number of carbonyl (C=O) groups excluding carboxylic acids is 1. The Kier molecular flexibility index (Phi) is 4.07. The standard InChI is InChI=1S/C16H16FN3O3S2/c17-13-4-2-1-3-11(13)16(21)18-15-12-7-24-8-14(12)19-20(15)10-5-6-25(22,23)9-10/h1-4,10H,5-9H2,(H,18,21). The Morgan fingerprint density at radius 2 is 2.12 bits per heavy atom. The van der Waals surface area contributed by atoms with Crippen molar-refractivity contribution < 1.29 is 17.6 Å². The number of thioether (sulfide) groups is 1. The number of anilines is 1. The van der Waals surface area contributed by atoms with Crippen molar-refractivity contribution in [3.8, 4) is 0 Å². The van der Waals surface area contributed by atoms with Gasteiger partial charge in [-0.3, -0.25) is 4.79 Å². The summed E-state index contributed by atoms with van der Waals surface area (Å²) in [6, 6.07) is 5.47. The molecule has 1 aromatic carbocycles. The Balaban J connectivity index is 1.69. The summed E-state index contributed by atoms with van der Waals surface area (Å²) >= 11 is 1.68. The number of amides is 1. The van der Waals surface area contributed by atoms with Gasteiger partial charge in [-0.2, -0.15) is 16.9 Å². The minimum atomic E-state index is -3.08. The van der Waals surface area contributed by atoms with Crippen molar-refractivity contribution in [2.24, 2.45) is 0 Å². The van der Waals surface area contributed by atoms with Crippen LogP contribution >= 0.6 is 11.8 Å². The number of fused-ring (bicyclic) bond motifs is 1. The zero-order valence-corrected chi connectivity index (χ0v) is 14.9. The van der Waals surface area contributed by atoms with Gasteiger partial charge >= 0.3 is 0 Å². The summed E-state index contributed by atoms with van der Waals surface area (Å²) in [5.41, 5.74) is 1.71. The largest absolute Gasteiger partial charge is 0.306 e. The molecule has 132 valence electrons. The number of halogens is 1. The molecule has 1 amide bonds. The Hall–Kier alpha value is -1.87. The Labute approximate surface area is 148 Å². The zero-order valence-electron chi connectivity index (χ0n) is 13.2. The quantitative estimate of drug-likeness (QED) is 0.883. The molecule has 2 aliphatic heterocycles. The van der Waals surface area contributed by atoms with Crippen LogP contribution in [0.3, 0.4) is 0 Å². The van der Waals surface area contributed by atoms with E-state index in [1.807, 2.05) is 0 Å².